The lowest BCUT2D eigenvalue weighted by atomic mass is 10.0. The van der Waals surface area contributed by atoms with Crippen molar-refractivity contribution in [2.24, 2.45) is 0 Å². The zero-order valence-corrected chi connectivity index (χ0v) is 26.6. The number of amides is 1. The van der Waals surface area contributed by atoms with Crippen LogP contribution < -0.4 is 16.6 Å². The van der Waals surface area contributed by atoms with Gasteiger partial charge in [-0.25, -0.2) is 18.0 Å². The maximum atomic E-state index is 14.3. The van der Waals surface area contributed by atoms with Gasteiger partial charge in [-0.15, -0.1) is 0 Å². The van der Waals surface area contributed by atoms with Crippen LogP contribution in [0.1, 0.15) is 50.8 Å². The highest BCUT2D eigenvalue weighted by molar-refractivity contribution is 7.91. The number of hydrogen-bond acceptors (Lipinski definition) is 7. The zero-order valence-electron chi connectivity index (χ0n) is 24.3. The third kappa shape index (κ3) is 7.41. The number of alkyl carbamates (subject to hydrolysis) is 1. The van der Waals surface area contributed by atoms with Crippen LogP contribution in [0.15, 0.2) is 38.8 Å². The highest BCUT2D eigenvalue weighted by Crippen LogP contribution is 2.39. The van der Waals surface area contributed by atoms with E-state index in [4.69, 9.17) is 27.9 Å². The summed E-state index contributed by atoms with van der Waals surface area (Å²) in [5.41, 5.74) is -4.58. The molecule has 1 aromatic heterocycles. The highest BCUT2D eigenvalue weighted by atomic mass is 35.5. The second kappa shape index (κ2) is 12.4. The summed E-state index contributed by atoms with van der Waals surface area (Å²) in [5, 5.41) is 1.89. The molecule has 0 spiro atoms. The first-order valence-corrected chi connectivity index (χ1v) is 16.0. The molecule has 10 nitrogen and oxygen atoms in total. The number of nitrogens with one attached hydrogen (secondary N) is 2. The molecule has 1 amide bonds. The molecule has 240 valence electrons. The fraction of sp³-hybridized carbons (Fsp3) is 0.464. The molecule has 1 fully saturated rings. The van der Waals surface area contributed by atoms with E-state index in [0.29, 0.717) is 23.6 Å². The van der Waals surface area contributed by atoms with Gasteiger partial charge < -0.3 is 15.0 Å². The standard InChI is InChI=1S/C28H31Cl2F3N4O6S/c1-5-44(41,42)21-7-6-16(29)10-15(21)12-37-24(38)18-11-20(28(31,32)33)19(22(30)23(18)35-25(37)39)14-36-9-8-17(13-36)34-26(40)43-27(2,3)4/h6-7,10-11,17H,5,8-9,12-14H2,1-4H3,(H,34,40)(H,35,39). The number of fused-ring (bicyclic) bond motifs is 1. The van der Waals surface area contributed by atoms with Crippen molar-refractivity contribution < 1.29 is 31.1 Å². The number of benzene rings is 2. The van der Waals surface area contributed by atoms with Crippen LogP contribution >= 0.6 is 23.2 Å². The summed E-state index contributed by atoms with van der Waals surface area (Å²) in [4.78, 5) is 42.6. The van der Waals surface area contributed by atoms with Crippen LogP contribution in [0, 0.1) is 0 Å². The fourth-order valence-corrected chi connectivity index (χ4v) is 6.65. The second-order valence-corrected chi connectivity index (χ2v) is 14.5. The minimum Gasteiger partial charge on any atom is -0.444 e. The summed E-state index contributed by atoms with van der Waals surface area (Å²) in [7, 11) is -3.79. The highest BCUT2D eigenvalue weighted by Gasteiger charge is 2.37. The number of hydrogen-bond donors (Lipinski definition) is 2. The number of sulfone groups is 1. The number of nitrogens with zero attached hydrogens (tertiary/aromatic N) is 2. The van der Waals surface area contributed by atoms with E-state index in [1.165, 1.54) is 25.1 Å². The summed E-state index contributed by atoms with van der Waals surface area (Å²) in [6.07, 6.45) is -5.11. The minimum atomic E-state index is -4.91. The van der Waals surface area contributed by atoms with E-state index in [1.54, 1.807) is 25.7 Å². The van der Waals surface area contributed by atoms with E-state index in [1.807, 2.05) is 0 Å². The second-order valence-electron chi connectivity index (χ2n) is 11.5. The molecule has 2 N–H and O–H groups in total. The molecule has 1 aliphatic heterocycles. The number of rotatable bonds is 7. The van der Waals surface area contributed by atoms with Crippen molar-refractivity contribution >= 4 is 50.0 Å². The molecule has 1 unspecified atom stereocenters. The fourth-order valence-electron chi connectivity index (χ4n) is 5.04. The molecule has 1 atom stereocenters. The van der Waals surface area contributed by atoms with E-state index in [2.05, 4.69) is 10.3 Å². The largest absolute Gasteiger partial charge is 0.444 e. The average molecular weight is 680 g/mol. The maximum Gasteiger partial charge on any atom is 0.416 e. The number of H-pyrrole nitrogens is 1. The van der Waals surface area contributed by atoms with Gasteiger partial charge >= 0.3 is 18.0 Å². The van der Waals surface area contributed by atoms with Crippen LogP contribution in [0.4, 0.5) is 18.0 Å². The van der Waals surface area contributed by atoms with Gasteiger partial charge in [0.05, 0.1) is 38.7 Å². The Morgan fingerprint density at radius 3 is 2.43 bits per heavy atom. The molecule has 0 saturated carbocycles. The first-order valence-electron chi connectivity index (χ1n) is 13.6. The number of ether oxygens (including phenoxy) is 1. The molecule has 16 heteroatoms. The Labute approximate surface area is 261 Å². The van der Waals surface area contributed by atoms with Gasteiger partial charge in [-0.05, 0) is 62.6 Å². The lowest BCUT2D eigenvalue weighted by Crippen LogP contribution is -2.40. The van der Waals surface area contributed by atoms with Crippen molar-refractivity contribution in [3.63, 3.8) is 0 Å². The van der Waals surface area contributed by atoms with Gasteiger partial charge in [0.2, 0.25) is 0 Å². The molecule has 1 aliphatic rings. The molecule has 0 aliphatic carbocycles. The van der Waals surface area contributed by atoms with Crippen molar-refractivity contribution in [3.05, 3.63) is 71.8 Å². The van der Waals surface area contributed by atoms with E-state index in [-0.39, 0.29) is 51.4 Å². The summed E-state index contributed by atoms with van der Waals surface area (Å²) in [6.45, 7) is 6.25. The third-order valence-corrected chi connectivity index (χ3v) is 9.55. The Morgan fingerprint density at radius 2 is 1.82 bits per heavy atom. The van der Waals surface area contributed by atoms with E-state index in [0.717, 1.165) is 0 Å². The Bertz CT molecular complexity index is 1830. The Hall–Kier alpha value is -3.07. The molecule has 0 radical (unpaired) electrons. The van der Waals surface area contributed by atoms with Crippen LogP contribution in [0.3, 0.4) is 0 Å². The Balaban J connectivity index is 1.73. The van der Waals surface area contributed by atoms with Crippen LogP contribution in [0.2, 0.25) is 10.0 Å². The Morgan fingerprint density at radius 1 is 1.14 bits per heavy atom. The van der Waals surface area contributed by atoms with Crippen molar-refractivity contribution in [1.82, 2.24) is 19.8 Å². The molecule has 1 saturated heterocycles. The molecule has 44 heavy (non-hydrogen) atoms. The van der Waals surface area contributed by atoms with Gasteiger partial charge in [0.25, 0.3) is 5.56 Å². The zero-order chi connectivity index (χ0) is 32.8. The van der Waals surface area contributed by atoms with Crippen molar-refractivity contribution in [2.75, 3.05) is 18.8 Å². The van der Waals surface area contributed by atoms with E-state index in [9.17, 15) is 36.0 Å². The van der Waals surface area contributed by atoms with Gasteiger partial charge in [0.15, 0.2) is 9.84 Å². The molecule has 2 heterocycles. The van der Waals surface area contributed by atoms with Gasteiger partial charge in [-0.3, -0.25) is 14.3 Å². The first kappa shape index (κ1) is 33.8. The first-order chi connectivity index (χ1) is 20.3. The monoisotopic (exact) mass is 678 g/mol. The van der Waals surface area contributed by atoms with Crippen LogP contribution in [-0.2, 0) is 33.8 Å². The average Bonchev–Trinajstić information content (AvgIpc) is 3.33. The number of halogens is 5. The van der Waals surface area contributed by atoms with Crippen LogP contribution in [-0.4, -0.2) is 59.4 Å². The Kier molecular flexibility index (Phi) is 9.51. The summed E-state index contributed by atoms with van der Waals surface area (Å²) in [6, 6.07) is 4.12. The molecular formula is C28H31Cl2F3N4O6S. The maximum absolute atomic E-state index is 14.3. The molecular weight excluding hydrogens is 648 g/mol. The summed E-state index contributed by atoms with van der Waals surface area (Å²) in [5.74, 6) is -0.271. The SMILES string of the molecule is CCS(=O)(=O)c1ccc(Cl)cc1Cn1c(=O)[nH]c2c(Cl)c(CN3CCC(NC(=O)OC(C)(C)C)C3)c(C(F)(F)F)cc2c1=O. The topological polar surface area (TPSA) is 131 Å². The predicted octanol–water partition coefficient (Wildman–Crippen LogP) is 4.96. The van der Waals surface area contributed by atoms with E-state index < -0.39 is 61.5 Å². The number of alkyl halides is 3. The molecule has 0 bridgehead atoms. The van der Waals surface area contributed by atoms with Gasteiger partial charge in [0.1, 0.15) is 5.60 Å². The van der Waals surface area contributed by atoms with Crippen molar-refractivity contribution in [2.45, 2.75) is 69.9 Å². The number of aromatic nitrogens is 2. The predicted molar refractivity (Wildman–Crippen MR) is 160 cm³/mol. The molecule has 3 aromatic rings. The number of aromatic amines is 1. The smallest absolute Gasteiger partial charge is 0.416 e. The normalized spacial score (nSPS) is 16.4. The number of carbonyl (C=O) groups excluding carboxylic acids is 1. The lowest BCUT2D eigenvalue weighted by Gasteiger charge is -2.23. The van der Waals surface area contributed by atoms with E-state index >= 15 is 0 Å². The lowest BCUT2D eigenvalue weighted by molar-refractivity contribution is -0.138. The minimum absolute atomic E-state index is 0.0219. The molecule has 2 aromatic carbocycles. The molecule has 4 rings (SSSR count). The van der Waals surface area contributed by atoms with Crippen LogP contribution in [0.5, 0.6) is 0 Å². The number of likely N-dealkylation sites (tertiary alicyclic amines) is 1. The summed E-state index contributed by atoms with van der Waals surface area (Å²) < 4.78 is 74.1. The van der Waals surface area contributed by atoms with Gasteiger partial charge in [0, 0.05) is 30.7 Å². The quantitative estimate of drug-likeness (QED) is 0.361. The third-order valence-electron chi connectivity index (χ3n) is 7.07. The van der Waals surface area contributed by atoms with Crippen molar-refractivity contribution in [1.29, 1.82) is 0 Å². The van der Waals surface area contributed by atoms with Gasteiger partial charge in [-0.2, -0.15) is 13.2 Å². The van der Waals surface area contributed by atoms with Gasteiger partial charge in [-0.1, -0.05) is 30.1 Å². The number of carbonyl (C=O) groups is 1. The van der Waals surface area contributed by atoms with Crippen LogP contribution in [0.25, 0.3) is 10.9 Å². The van der Waals surface area contributed by atoms with Crippen molar-refractivity contribution in [3.8, 4) is 0 Å². The summed E-state index contributed by atoms with van der Waals surface area (Å²) >= 11 is 12.5.